The Kier molecular flexibility index (Phi) is 9.76. The number of rotatable bonds is 7. The van der Waals surface area contributed by atoms with E-state index in [0.29, 0.717) is 56.4 Å². The average molecular weight is 792 g/mol. The first-order chi connectivity index (χ1) is 26.7. The number of carbonyl (C=O) groups excluding carboxylic acids is 4. The minimum atomic E-state index is -3.98. The molecule has 1 aromatic heterocycles. The maximum Gasteiger partial charge on any atom is 0.408 e. The van der Waals surface area contributed by atoms with Crippen molar-refractivity contribution in [3.05, 3.63) is 41.6 Å². The summed E-state index contributed by atoms with van der Waals surface area (Å²) in [7, 11) is -2.36. The van der Waals surface area contributed by atoms with Crippen LogP contribution in [0.1, 0.15) is 115 Å². The molecule has 6 aliphatic rings. The third kappa shape index (κ3) is 7.20. The molecule has 302 valence electrons. The Morgan fingerprint density at radius 1 is 1.07 bits per heavy atom. The van der Waals surface area contributed by atoms with E-state index in [9.17, 15) is 27.6 Å². The number of methoxy groups -OCH3 is 1. The molecule has 4 heterocycles. The van der Waals surface area contributed by atoms with Crippen molar-refractivity contribution in [1.29, 1.82) is 0 Å². The van der Waals surface area contributed by atoms with E-state index in [0.717, 1.165) is 47.8 Å². The van der Waals surface area contributed by atoms with Crippen molar-refractivity contribution in [3.8, 4) is 11.5 Å². The number of alkyl carbamates (subject to hydrolysis) is 1. The van der Waals surface area contributed by atoms with Crippen LogP contribution >= 0.6 is 0 Å². The van der Waals surface area contributed by atoms with Crippen LogP contribution in [0.15, 0.2) is 30.4 Å². The second-order valence-corrected chi connectivity index (χ2v) is 19.5. The van der Waals surface area contributed by atoms with E-state index in [1.807, 2.05) is 30.4 Å². The summed E-state index contributed by atoms with van der Waals surface area (Å²) >= 11 is 0. The number of fused-ring (bicyclic) bond motifs is 5. The largest absolute Gasteiger partial charge is 0.497 e. The van der Waals surface area contributed by atoms with Crippen molar-refractivity contribution in [2.75, 3.05) is 13.7 Å². The number of allylic oxidation sites excluding steroid dienone is 1. The summed E-state index contributed by atoms with van der Waals surface area (Å²) in [6, 6.07) is 3.78. The van der Waals surface area contributed by atoms with Crippen molar-refractivity contribution in [1.82, 2.24) is 25.2 Å². The molecule has 1 spiro atoms. The van der Waals surface area contributed by atoms with E-state index in [-0.39, 0.29) is 25.3 Å². The second kappa shape index (κ2) is 14.2. The Morgan fingerprint density at radius 3 is 2.57 bits per heavy atom. The highest BCUT2D eigenvalue weighted by atomic mass is 32.2. The predicted molar refractivity (Wildman–Crippen MR) is 207 cm³/mol. The van der Waals surface area contributed by atoms with Gasteiger partial charge in [-0.25, -0.2) is 18.2 Å². The van der Waals surface area contributed by atoms with E-state index in [2.05, 4.69) is 15.4 Å². The van der Waals surface area contributed by atoms with Crippen LogP contribution < -0.4 is 24.8 Å². The Bertz CT molecular complexity index is 2100. The van der Waals surface area contributed by atoms with E-state index in [1.54, 1.807) is 27.9 Å². The zero-order chi connectivity index (χ0) is 39.6. The second-order valence-electron chi connectivity index (χ2n) is 17.3. The smallest absolute Gasteiger partial charge is 0.408 e. The monoisotopic (exact) mass is 791 g/mol. The van der Waals surface area contributed by atoms with Crippen molar-refractivity contribution < 1.29 is 41.8 Å². The number of aromatic nitrogens is 1. The van der Waals surface area contributed by atoms with Crippen LogP contribution in [0, 0.1) is 5.92 Å². The number of carbonyl (C=O) groups is 4. The van der Waals surface area contributed by atoms with Gasteiger partial charge in [-0.05, 0) is 97.1 Å². The van der Waals surface area contributed by atoms with Gasteiger partial charge in [-0.1, -0.05) is 25.0 Å². The first-order valence-corrected chi connectivity index (χ1v) is 21.7. The lowest BCUT2D eigenvalue weighted by molar-refractivity contribution is -0.141. The average Bonchev–Trinajstić information content (AvgIpc) is 4.09. The van der Waals surface area contributed by atoms with Crippen molar-refractivity contribution >= 4 is 44.7 Å². The zero-order valence-electron chi connectivity index (χ0n) is 32.6. The van der Waals surface area contributed by atoms with Crippen LogP contribution in [-0.2, 0) is 35.6 Å². The Labute approximate surface area is 327 Å². The maximum atomic E-state index is 14.8. The highest BCUT2D eigenvalue weighted by Gasteiger charge is 2.64. The molecule has 4 amide bonds. The molecule has 0 bridgehead atoms. The molecule has 56 heavy (non-hydrogen) atoms. The first-order valence-electron chi connectivity index (χ1n) is 20.2. The van der Waals surface area contributed by atoms with Gasteiger partial charge in [-0.2, -0.15) is 0 Å². The van der Waals surface area contributed by atoms with Gasteiger partial charge in [0.2, 0.25) is 21.8 Å². The summed E-state index contributed by atoms with van der Waals surface area (Å²) < 4.78 is 45.7. The van der Waals surface area contributed by atoms with E-state index >= 15 is 0 Å². The fraction of sp³-hybridized carbons (Fsp3) is 0.634. The number of nitrogens with zero attached hydrogens (tertiary/aromatic N) is 2. The number of ether oxygens (including phenoxy) is 3. The van der Waals surface area contributed by atoms with Gasteiger partial charge in [0.25, 0.3) is 5.91 Å². The van der Waals surface area contributed by atoms with Gasteiger partial charge in [0.05, 0.1) is 35.7 Å². The lowest BCUT2D eigenvalue weighted by Gasteiger charge is -2.37. The van der Waals surface area contributed by atoms with Crippen LogP contribution in [0.2, 0.25) is 0 Å². The molecule has 14 nitrogen and oxygen atoms in total. The van der Waals surface area contributed by atoms with Crippen molar-refractivity contribution in [3.63, 3.8) is 0 Å². The van der Waals surface area contributed by atoms with Crippen LogP contribution in [0.3, 0.4) is 0 Å². The topological polar surface area (TPSA) is 182 Å². The summed E-state index contributed by atoms with van der Waals surface area (Å²) in [4.78, 5) is 63.0. The van der Waals surface area contributed by atoms with Crippen LogP contribution in [-0.4, -0.2) is 89.8 Å². The van der Waals surface area contributed by atoms with Gasteiger partial charge in [0.15, 0.2) is 0 Å². The highest BCUT2D eigenvalue weighted by Crippen LogP contribution is 2.52. The van der Waals surface area contributed by atoms with Gasteiger partial charge >= 0.3 is 6.09 Å². The quantitative estimate of drug-likeness (QED) is 0.333. The first kappa shape index (κ1) is 38.5. The van der Waals surface area contributed by atoms with Crippen LogP contribution in [0.25, 0.3) is 10.9 Å². The summed E-state index contributed by atoms with van der Waals surface area (Å²) in [5.41, 5.74) is 0.264. The number of benzene rings is 1. The molecular formula is C41H53N5O9S. The van der Waals surface area contributed by atoms with Gasteiger partial charge in [-0.3, -0.25) is 19.1 Å². The van der Waals surface area contributed by atoms with Crippen LogP contribution in [0.4, 0.5) is 4.79 Å². The molecule has 15 heteroatoms. The summed E-state index contributed by atoms with van der Waals surface area (Å²) in [5.74, 6) is -0.559. The molecule has 1 aromatic carbocycles. The Hall–Kier alpha value is -4.40. The van der Waals surface area contributed by atoms with Gasteiger partial charge in [0, 0.05) is 35.3 Å². The minimum Gasteiger partial charge on any atom is -0.497 e. The zero-order valence-corrected chi connectivity index (χ0v) is 33.5. The lowest BCUT2D eigenvalue weighted by atomic mass is 9.86. The third-order valence-electron chi connectivity index (χ3n) is 12.6. The molecule has 3 aliphatic carbocycles. The molecular weight excluding hydrogens is 739 g/mol. The standard InChI is InChI=1S/C41H53N5O9S/c1-24(2)54-38(50)43-30-11-9-7-5-6-8-10-26-21-41(26,37(49)45-56(51,52)39(3)18-19-39)44-35(47)32-22-40(23-46(32)36(30)48)17-16-29-28-15-14-27(53-4)20-31(28)42-33(25-12-13-25)34(29)55-40/h8,10,14-15,20,24-26,30,32H,5-7,9,11-13,16-19,21-23H2,1-4H3,(H,43,50)(H,44,47)(H,45,49)/b10-8-/t26-,30+,32+,40-,41-/m1/s1. The fourth-order valence-electron chi connectivity index (χ4n) is 8.69. The third-order valence-corrected chi connectivity index (χ3v) is 14.8. The molecule has 3 N–H and O–H groups in total. The normalized spacial score (nSPS) is 30.4. The van der Waals surface area contributed by atoms with Gasteiger partial charge in [-0.15, -0.1) is 0 Å². The van der Waals surface area contributed by atoms with Gasteiger partial charge in [0.1, 0.15) is 34.7 Å². The van der Waals surface area contributed by atoms with Crippen molar-refractivity contribution in [2.45, 2.75) is 144 Å². The number of pyridine rings is 1. The number of hydrogen-bond donors (Lipinski definition) is 3. The molecule has 4 fully saturated rings. The molecule has 3 saturated carbocycles. The highest BCUT2D eigenvalue weighted by molar-refractivity contribution is 7.91. The van der Waals surface area contributed by atoms with Crippen molar-refractivity contribution in [2.24, 2.45) is 5.92 Å². The lowest BCUT2D eigenvalue weighted by Crippen LogP contribution is -2.58. The molecule has 0 unspecified atom stereocenters. The number of hydrogen-bond acceptors (Lipinski definition) is 10. The summed E-state index contributed by atoms with van der Waals surface area (Å²) in [5, 5.41) is 6.72. The Morgan fingerprint density at radius 2 is 1.86 bits per heavy atom. The minimum absolute atomic E-state index is 0.0702. The fourth-order valence-corrected chi connectivity index (χ4v) is 10.0. The number of nitrogens with one attached hydrogen (secondary N) is 3. The molecule has 2 aromatic rings. The predicted octanol–water partition coefficient (Wildman–Crippen LogP) is 4.68. The number of amides is 4. The number of sulfonamides is 1. The molecule has 1 saturated heterocycles. The number of aryl methyl sites for hydroxylation is 1. The summed E-state index contributed by atoms with van der Waals surface area (Å²) in [6.07, 6.45) is 10.4. The van der Waals surface area contributed by atoms with E-state index in [4.69, 9.17) is 19.2 Å². The molecule has 3 aliphatic heterocycles. The molecule has 5 atom stereocenters. The van der Waals surface area contributed by atoms with E-state index in [1.165, 1.54) is 4.90 Å². The SMILES string of the molecule is COc1ccc2c3c(c(C4CC4)nc2c1)O[C@]1(CC3)C[C@H]2C(=O)N[C@]3(C(=O)NS(=O)(=O)C4(C)CC4)C[C@H]3/C=C\CCCCC[C@H](NC(=O)OC(C)C)C(=O)N2C1. The molecule has 8 rings (SSSR count). The Balaban J connectivity index is 1.15. The van der Waals surface area contributed by atoms with Gasteiger partial charge < -0.3 is 29.7 Å². The summed E-state index contributed by atoms with van der Waals surface area (Å²) in [6.45, 7) is 5.13. The molecule has 0 radical (unpaired) electrons. The van der Waals surface area contributed by atoms with E-state index < -0.39 is 73.8 Å². The van der Waals surface area contributed by atoms with Crippen LogP contribution in [0.5, 0.6) is 11.5 Å². The maximum absolute atomic E-state index is 14.8.